The Morgan fingerprint density at radius 1 is 1.33 bits per heavy atom. The molecule has 7 atom stereocenters. The standard InChI is InChI=1S/C21H27N3O3/c1-11-3-4-13-9-15-16(18(26)27)17(25)14-6-5-12-7-8-24(19(22)23-2)10-20(12,13)21(11,14)15/h5-8,11-14,17,25H,3-4,9-10H2,1-2H3,(H2,22,23)(H,26,27). The largest absolute Gasteiger partial charge is 0.478 e. The summed E-state index contributed by atoms with van der Waals surface area (Å²) in [5.74, 6) is 0.327. The SMILES string of the molecule is CN=C(N)N1C=CC2C=CC3C(O)C(C(=O)O)=C4CC5CCC(C)C43C25C1. The van der Waals surface area contributed by atoms with E-state index in [9.17, 15) is 15.0 Å². The zero-order chi connectivity index (χ0) is 19.1. The summed E-state index contributed by atoms with van der Waals surface area (Å²) in [5.41, 5.74) is 7.00. The normalized spacial score (nSPS) is 47.3. The molecule has 0 saturated heterocycles. The van der Waals surface area contributed by atoms with Crippen LogP contribution in [0.4, 0.5) is 0 Å². The predicted octanol–water partition coefficient (Wildman–Crippen LogP) is 1.74. The van der Waals surface area contributed by atoms with E-state index in [2.05, 4.69) is 30.1 Å². The molecule has 2 saturated carbocycles. The van der Waals surface area contributed by atoms with Crippen LogP contribution >= 0.6 is 0 Å². The number of carboxylic acid groups (broad SMARTS) is 1. The first-order chi connectivity index (χ1) is 12.9. The maximum atomic E-state index is 12.1. The first-order valence-corrected chi connectivity index (χ1v) is 9.90. The third kappa shape index (κ3) is 1.67. The van der Waals surface area contributed by atoms with Crippen LogP contribution in [0.3, 0.4) is 0 Å². The molecule has 0 amide bonds. The van der Waals surface area contributed by atoms with Gasteiger partial charge in [0.15, 0.2) is 5.96 Å². The van der Waals surface area contributed by atoms with Gasteiger partial charge in [0.25, 0.3) is 0 Å². The lowest BCUT2D eigenvalue weighted by Gasteiger charge is -2.63. The molecule has 5 aliphatic rings. The van der Waals surface area contributed by atoms with Crippen LogP contribution in [0, 0.1) is 34.5 Å². The van der Waals surface area contributed by atoms with Crippen molar-refractivity contribution in [1.29, 1.82) is 0 Å². The van der Waals surface area contributed by atoms with E-state index >= 15 is 0 Å². The van der Waals surface area contributed by atoms with Crippen molar-refractivity contribution in [3.63, 3.8) is 0 Å². The van der Waals surface area contributed by atoms with Gasteiger partial charge in [-0.05, 0) is 36.7 Å². The molecule has 6 heteroatoms. The minimum Gasteiger partial charge on any atom is -0.478 e. The molecule has 0 aromatic heterocycles. The molecule has 2 fully saturated rings. The van der Waals surface area contributed by atoms with E-state index in [-0.39, 0.29) is 28.2 Å². The lowest BCUT2D eigenvalue weighted by molar-refractivity contribution is -0.134. The molecule has 0 aromatic carbocycles. The van der Waals surface area contributed by atoms with Crippen LogP contribution in [0.25, 0.3) is 0 Å². The van der Waals surface area contributed by atoms with E-state index < -0.39 is 12.1 Å². The molecular weight excluding hydrogens is 342 g/mol. The summed E-state index contributed by atoms with van der Waals surface area (Å²) in [6.45, 7) is 2.99. The molecule has 2 spiro atoms. The van der Waals surface area contributed by atoms with E-state index in [0.29, 0.717) is 17.8 Å². The van der Waals surface area contributed by atoms with Crippen molar-refractivity contribution in [2.75, 3.05) is 13.6 Å². The number of allylic oxidation sites excluding steroid dienone is 3. The number of hydrogen-bond acceptors (Lipinski definition) is 3. The van der Waals surface area contributed by atoms with Gasteiger partial charge >= 0.3 is 5.97 Å². The number of nitrogens with two attached hydrogens (primary N) is 1. The van der Waals surface area contributed by atoms with Crippen molar-refractivity contribution in [1.82, 2.24) is 4.90 Å². The number of nitrogens with zero attached hydrogens (tertiary/aromatic N) is 2. The Labute approximate surface area is 159 Å². The van der Waals surface area contributed by atoms with Crippen molar-refractivity contribution < 1.29 is 15.0 Å². The average Bonchev–Trinajstić information content (AvgIpc) is 3.02. The molecule has 1 aliphatic heterocycles. The fourth-order valence-electron chi connectivity index (χ4n) is 7.68. The molecular formula is C21H27N3O3. The van der Waals surface area contributed by atoms with Crippen LogP contribution in [0.1, 0.15) is 26.2 Å². The molecule has 7 unspecified atom stereocenters. The number of guanidine groups is 1. The molecule has 144 valence electrons. The van der Waals surface area contributed by atoms with Gasteiger partial charge in [-0.15, -0.1) is 0 Å². The molecule has 4 N–H and O–H groups in total. The minimum atomic E-state index is -0.959. The highest BCUT2D eigenvalue weighted by molar-refractivity contribution is 5.91. The van der Waals surface area contributed by atoms with Gasteiger partial charge in [0, 0.05) is 42.5 Å². The quantitative estimate of drug-likeness (QED) is 0.371. The van der Waals surface area contributed by atoms with E-state index in [1.54, 1.807) is 7.05 Å². The maximum Gasteiger partial charge on any atom is 0.334 e. The van der Waals surface area contributed by atoms with E-state index in [4.69, 9.17) is 5.73 Å². The van der Waals surface area contributed by atoms with Crippen LogP contribution in [0.15, 0.2) is 40.6 Å². The first kappa shape index (κ1) is 17.0. The Balaban J connectivity index is 1.79. The Kier molecular flexibility index (Phi) is 3.32. The van der Waals surface area contributed by atoms with Crippen LogP contribution in [0.5, 0.6) is 0 Å². The van der Waals surface area contributed by atoms with Crippen LogP contribution < -0.4 is 5.73 Å². The van der Waals surface area contributed by atoms with Gasteiger partial charge in [0.1, 0.15) is 0 Å². The summed E-state index contributed by atoms with van der Waals surface area (Å²) in [4.78, 5) is 18.3. The molecule has 4 aliphatic carbocycles. The highest BCUT2D eigenvalue weighted by atomic mass is 16.4. The number of aliphatic carboxylic acids is 1. The Morgan fingerprint density at radius 3 is 2.81 bits per heavy atom. The number of carboxylic acids is 1. The maximum absolute atomic E-state index is 12.1. The fourth-order valence-corrected chi connectivity index (χ4v) is 7.68. The lowest BCUT2D eigenvalue weighted by atomic mass is 9.42. The lowest BCUT2D eigenvalue weighted by Crippen LogP contribution is -2.64. The molecule has 1 heterocycles. The Bertz CT molecular complexity index is 844. The zero-order valence-corrected chi connectivity index (χ0v) is 15.8. The summed E-state index contributed by atoms with van der Waals surface area (Å²) < 4.78 is 0. The highest BCUT2D eigenvalue weighted by Crippen LogP contribution is 2.79. The van der Waals surface area contributed by atoms with Gasteiger partial charge in [-0.1, -0.05) is 25.2 Å². The van der Waals surface area contributed by atoms with Gasteiger partial charge in [-0.2, -0.15) is 0 Å². The highest BCUT2D eigenvalue weighted by Gasteiger charge is 2.76. The summed E-state index contributed by atoms with van der Waals surface area (Å²) in [6.07, 6.45) is 10.6. The summed E-state index contributed by atoms with van der Waals surface area (Å²) in [5, 5.41) is 21.0. The number of hydrogen-bond donors (Lipinski definition) is 3. The summed E-state index contributed by atoms with van der Waals surface area (Å²) in [7, 11) is 1.69. The average molecular weight is 369 g/mol. The van der Waals surface area contributed by atoms with Crippen molar-refractivity contribution in [3.8, 4) is 0 Å². The number of rotatable bonds is 1. The number of aliphatic imine (C=N–C) groups is 1. The van der Waals surface area contributed by atoms with Gasteiger partial charge in [-0.25, -0.2) is 4.79 Å². The van der Waals surface area contributed by atoms with Crippen LogP contribution in [-0.4, -0.2) is 46.7 Å². The van der Waals surface area contributed by atoms with E-state index in [1.807, 2.05) is 11.1 Å². The van der Waals surface area contributed by atoms with Gasteiger partial charge < -0.3 is 20.8 Å². The van der Waals surface area contributed by atoms with Crippen molar-refractivity contribution in [2.45, 2.75) is 32.3 Å². The van der Waals surface area contributed by atoms with Crippen LogP contribution in [0.2, 0.25) is 0 Å². The van der Waals surface area contributed by atoms with E-state index in [0.717, 1.165) is 31.4 Å². The Hall–Kier alpha value is -2.08. The minimum absolute atomic E-state index is 0.137. The fraction of sp³-hybridized carbons (Fsp3) is 0.619. The third-order valence-electron chi connectivity index (χ3n) is 8.44. The van der Waals surface area contributed by atoms with E-state index in [1.165, 1.54) is 0 Å². The van der Waals surface area contributed by atoms with Crippen molar-refractivity contribution >= 4 is 11.9 Å². The zero-order valence-electron chi connectivity index (χ0n) is 15.8. The van der Waals surface area contributed by atoms with Crippen molar-refractivity contribution in [2.24, 2.45) is 45.2 Å². The summed E-state index contributed by atoms with van der Waals surface area (Å²) in [6, 6.07) is 0. The number of aliphatic hydroxyl groups excluding tert-OH is 1. The molecule has 27 heavy (non-hydrogen) atoms. The Morgan fingerprint density at radius 2 is 2.11 bits per heavy atom. The first-order valence-electron chi connectivity index (χ1n) is 9.90. The van der Waals surface area contributed by atoms with Crippen LogP contribution in [-0.2, 0) is 4.79 Å². The summed E-state index contributed by atoms with van der Waals surface area (Å²) >= 11 is 0. The molecule has 0 radical (unpaired) electrons. The second kappa shape index (κ2) is 5.25. The second-order valence-corrected chi connectivity index (χ2v) is 8.92. The molecule has 6 nitrogen and oxygen atoms in total. The smallest absolute Gasteiger partial charge is 0.334 e. The molecule has 5 rings (SSSR count). The molecule has 0 aromatic rings. The van der Waals surface area contributed by atoms with Gasteiger partial charge in [-0.3, -0.25) is 4.99 Å². The number of aliphatic hydroxyl groups is 1. The topological polar surface area (TPSA) is 99.1 Å². The van der Waals surface area contributed by atoms with Gasteiger partial charge in [0.2, 0.25) is 0 Å². The molecule has 2 bridgehead atoms. The second-order valence-electron chi connectivity index (χ2n) is 8.92. The predicted molar refractivity (Wildman–Crippen MR) is 102 cm³/mol. The van der Waals surface area contributed by atoms with Crippen molar-refractivity contribution in [3.05, 3.63) is 35.6 Å². The number of carbonyl (C=O) groups is 1. The monoisotopic (exact) mass is 369 g/mol. The van der Waals surface area contributed by atoms with Gasteiger partial charge in [0.05, 0.1) is 11.7 Å². The third-order valence-corrected chi connectivity index (χ3v) is 8.44.